The van der Waals surface area contributed by atoms with Crippen molar-refractivity contribution in [1.82, 2.24) is 9.88 Å². The molecule has 4 rings (SSSR count). The Balaban J connectivity index is 1.49. The van der Waals surface area contributed by atoms with Crippen LogP contribution >= 0.6 is 11.3 Å². The molecular formula is C19H23FN2O3S. The van der Waals surface area contributed by atoms with E-state index < -0.39 is 11.2 Å². The van der Waals surface area contributed by atoms with Crippen molar-refractivity contribution in [2.45, 2.75) is 44.8 Å². The van der Waals surface area contributed by atoms with Gasteiger partial charge in [-0.05, 0) is 57.6 Å². The van der Waals surface area contributed by atoms with Crippen molar-refractivity contribution in [3.8, 4) is 0 Å². The lowest BCUT2D eigenvalue weighted by atomic mass is 10.0. The summed E-state index contributed by atoms with van der Waals surface area (Å²) in [5, 5.41) is 11.7. The van der Waals surface area contributed by atoms with Crippen molar-refractivity contribution in [2.24, 2.45) is 11.8 Å². The van der Waals surface area contributed by atoms with E-state index in [9.17, 15) is 14.3 Å². The summed E-state index contributed by atoms with van der Waals surface area (Å²) in [6, 6.07) is 4.87. The number of benzene rings is 1. The number of aliphatic hydroxyl groups is 1. The van der Waals surface area contributed by atoms with E-state index in [1.165, 1.54) is 17.4 Å². The third-order valence-corrected chi connectivity index (χ3v) is 6.41. The van der Waals surface area contributed by atoms with Crippen LogP contribution in [0.2, 0.25) is 0 Å². The Hall–Kier alpha value is -1.73. The summed E-state index contributed by atoms with van der Waals surface area (Å²) in [4.78, 5) is 18.4. The summed E-state index contributed by atoms with van der Waals surface area (Å²) in [5.41, 5.74) is -1.22. The number of carbonyl (C=O) groups is 1. The number of halogens is 1. The Morgan fingerprint density at radius 2 is 2.00 bits per heavy atom. The Bertz CT molecular complexity index is 846. The van der Waals surface area contributed by atoms with Crippen LogP contribution in [0.3, 0.4) is 0 Å². The number of nitrogens with zero attached hydrogens (tertiary/aromatic N) is 2. The number of amides is 1. The van der Waals surface area contributed by atoms with Gasteiger partial charge in [-0.1, -0.05) is 6.07 Å². The molecule has 2 heterocycles. The zero-order chi connectivity index (χ0) is 18.7. The number of carbonyl (C=O) groups excluding carboxylic acids is 1. The molecule has 0 unspecified atom stereocenters. The van der Waals surface area contributed by atoms with Crippen LogP contribution in [0.1, 0.15) is 38.6 Å². The fraction of sp³-hybridized carbons (Fsp3) is 0.579. The second kappa shape index (κ2) is 5.89. The fourth-order valence-electron chi connectivity index (χ4n) is 4.12. The zero-order valence-corrected chi connectivity index (χ0v) is 16.0. The van der Waals surface area contributed by atoms with Gasteiger partial charge in [0, 0.05) is 13.1 Å². The van der Waals surface area contributed by atoms with Crippen LogP contribution in [0.15, 0.2) is 18.2 Å². The summed E-state index contributed by atoms with van der Waals surface area (Å²) >= 11 is 1.35. The molecule has 1 aromatic heterocycles. The van der Waals surface area contributed by atoms with Crippen LogP contribution in [-0.4, -0.2) is 39.8 Å². The molecule has 1 saturated carbocycles. The molecule has 1 aliphatic heterocycles. The van der Waals surface area contributed by atoms with E-state index in [1.54, 1.807) is 11.0 Å². The molecule has 26 heavy (non-hydrogen) atoms. The molecule has 1 N–H and O–H groups in total. The van der Waals surface area contributed by atoms with Gasteiger partial charge in [-0.3, -0.25) is 0 Å². The van der Waals surface area contributed by atoms with Gasteiger partial charge in [0.2, 0.25) is 0 Å². The highest BCUT2D eigenvalue weighted by atomic mass is 32.1. The topological polar surface area (TPSA) is 62.7 Å². The number of para-hydroxylation sites is 1. The van der Waals surface area contributed by atoms with E-state index in [2.05, 4.69) is 4.98 Å². The Morgan fingerprint density at radius 1 is 1.35 bits per heavy atom. The van der Waals surface area contributed by atoms with Crippen molar-refractivity contribution in [3.05, 3.63) is 29.0 Å². The Kier molecular flexibility index (Phi) is 4.00. The minimum absolute atomic E-state index is 0.212. The third-order valence-electron chi connectivity index (χ3n) is 5.20. The average Bonchev–Trinajstić information content (AvgIpc) is 3.17. The number of hydrogen-bond donors (Lipinski definition) is 1. The van der Waals surface area contributed by atoms with Gasteiger partial charge in [-0.2, -0.15) is 0 Å². The van der Waals surface area contributed by atoms with Gasteiger partial charge >= 0.3 is 6.09 Å². The van der Waals surface area contributed by atoms with Gasteiger partial charge in [0.15, 0.2) is 0 Å². The summed E-state index contributed by atoms with van der Waals surface area (Å²) in [6.45, 7) is 6.73. The minimum atomic E-state index is -1.04. The summed E-state index contributed by atoms with van der Waals surface area (Å²) in [6.07, 6.45) is 0.786. The average molecular weight is 378 g/mol. The highest BCUT2D eigenvalue weighted by Gasteiger charge is 2.51. The smallest absolute Gasteiger partial charge is 0.410 e. The second-order valence-electron chi connectivity index (χ2n) is 8.45. The fourth-order valence-corrected chi connectivity index (χ4v) is 5.20. The molecule has 3 atom stereocenters. The van der Waals surface area contributed by atoms with Crippen molar-refractivity contribution >= 4 is 27.6 Å². The molecule has 1 aromatic carbocycles. The molecule has 1 aliphatic carbocycles. The molecule has 1 amide bonds. The predicted molar refractivity (Wildman–Crippen MR) is 97.5 cm³/mol. The number of likely N-dealkylation sites (tertiary alicyclic amines) is 1. The third kappa shape index (κ3) is 3.07. The molecule has 2 aromatic rings. The molecule has 140 valence electrons. The van der Waals surface area contributed by atoms with E-state index in [0.29, 0.717) is 36.5 Å². The zero-order valence-electron chi connectivity index (χ0n) is 15.2. The van der Waals surface area contributed by atoms with Gasteiger partial charge < -0.3 is 14.7 Å². The first-order valence-corrected chi connectivity index (χ1v) is 9.72. The lowest BCUT2D eigenvalue weighted by Gasteiger charge is -2.26. The monoisotopic (exact) mass is 378 g/mol. The number of rotatable bonds is 1. The lowest BCUT2D eigenvalue weighted by Crippen LogP contribution is -2.37. The van der Waals surface area contributed by atoms with Gasteiger partial charge in [0.25, 0.3) is 0 Å². The van der Waals surface area contributed by atoms with E-state index in [4.69, 9.17) is 4.74 Å². The maximum Gasteiger partial charge on any atom is 0.410 e. The molecule has 2 fully saturated rings. The van der Waals surface area contributed by atoms with Crippen molar-refractivity contribution in [3.63, 3.8) is 0 Å². The largest absolute Gasteiger partial charge is 0.444 e. The molecule has 0 spiro atoms. The standard InChI is InChI=1S/C19H23FN2O3S/c1-18(2,3)25-17(23)22-9-11-7-19(24,8-12(11)10-22)16-21-15-13(20)5-4-6-14(15)26-16/h4-6,11-12,24H,7-10H2,1-3H3/t11-,12+,19-. The minimum Gasteiger partial charge on any atom is -0.444 e. The van der Waals surface area contributed by atoms with Crippen molar-refractivity contribution in [1.29, 1.82) is 0 Å². The summed E-state index contributed by atoms with van der Waals surface area (Å²) in [5.74, 6) is 0.0663. The molecule has 1 saturated heterocycles. The molecule has 0 radical (unpaired) electrons. The molecule has 5 nitrogen and oxygen atoms in total. The first-order chi connectivity index (χ1) is 12.1. The molecular weight excluding hydrogens is 355 g/mol. The maximum atomic E-state index is 13.9. The van der Waals surface area contributed by atoms with Gasteiger partial charge in [0.1, 0.15) is 27.5 Å². The van der Waals surface area contributed by atoms with Crippen molar-refractivity contribution < 1.29 is 19.0 Å². The maximum absolute atomic E-state index is 13.9. The first kappa shape index (κ1) is 17.7. The Morgan fingerprint density at radius 3 is 2.58 bits per heavy atom. The van der Waals surface area contributed by atoms with Gasteiger partial charge in [-0.15, -0.1) is 11.3 Å². The summed E-state index contributed by atoms with van der Waals surface area (Å²) < 4.78 is 20.1. The highest BCUT2D eigenvalue weighted by Crippen LogP contribution is 2.50. The quantitative estimate of drug-likeness (QED) is 0.817. The van der Waals surface area contributed by atoms with Crippen LogP contribution < -0.4 is 0 Å². The van der Waals surface area contributed by atoms with Crippen molar-refractivity contribution in [2.75, 3.05) is 13.1 Å². The molecule has 0 bridgehead atoms. The van der Waals surface area contributed by atoms with Crippen LogP contribution in [0, 0.1) is 17.7 Å². The number of ether oxygens (including phenoxy) is 1. The highest BCUT2D eigenvalue weighted by molar-refractivity contribution is 7.18. The SMILES string of the molecule is CC(C)(C)OC(=O)N1C[C@@H]2C[C@@](O)(c3nc4c(F)cccc4s3)C[C@@H]2C1. The van der Waals surface area contributed by atoms with Gasteiger partial charge in [0.05, 0.1) is 4.70 Å². The van der Waals surface area contributed by atoms with Crippen LogP contribution in [0.25, 0.3) is 10.2 Å². The predicted octanol–water partition coefficient (Wildman–Crippen LogP) is 3.90. The second-order valence-corrected chi connectivity index (χ2v) is 9.48. The first-order valence-electron chi connectivity index (χ1n) is 8.90. The van der Waals surface area contributed by atoms with E-state index in [-0.39, 0.29) is 23.7 Å². The van der Waals surface area contributed by atoms with Crippen LogP contribution in [0.5, 0.6) is 0 Å². The number of thiazole rings is 1. The van der Waals surface area contributed by atoms with E-state index >= 15 is 0 Å². The van der Waals surface area contributed by atoms with E-state index in [1.807, 2.05) is 26.8 Å². The Labute approximate surface area is 155 Å². The lowest BCUT2D eigenvalue weighted by molar-refractivity contribution is 0.0155. The number of hydrogen-bond acceptors (Lipinski definition) is 5. The van der Waals surface area contributed by atoms with E-state index in [0.717, 1.165) is 4.70 Å². The molecule has 2 aliphatic rings. The number of aromatic nitrogens is 1. The van der Waals surface area contributed by atoms with Crippen LogP contribution in [0.4, 0.5) is 9.18 Å². The van der Waals surface area contributed by atoms with Gasteiger partial charge in [-0.25, -0.2) is 14.2 Å². The number of fused-ring (bicyclic) bond motifs is 2. The van der Waals surface area contributed by atoms with Crippen LogP contribution in [-0.2, 0) is 10.3 Å². The summed E-state index contributed by atoms with van der Waals surface area (Å²) in [7, 11) is 0. The normalized spacial score (nSPS) is 28.6. The molecule has 7 heteroatoms.